The van der Waals surface area contributed by atoms with E-state index >= 15 is 0 Å². The Hall–Kier alpha value is -1.09. The maximum absolute atomic E-state index is 13.7. The van der Waals surface area contributed by atoms with Gasteiger partial charge in [0.2, 0.25) is 0 Å². The molecule has 0 heterocycles. The van der Waals surface area contributed by atoms with Crippen molar-refractivity contribution >= 4 is 0 Å². The van der Waals surface area contributed by atoms with Gasteiger partial charge in [-0.1, -0.05) is 19.8 Å². The molecule has 0 bridgehead atoms. The maximum atomic E-state index is 13.7. The maximum Gasteiger partial charge on any atom is 0.123 e. The number of halogens is 1. The van der Waals surface area contributed by atoms with Gasteiger partial charge in [-0.2, -0.15) is 0 Å². The topological polar surface area (TPSA) is 21.3 Å². The Kier molecular flexibility index (Phi) is 4.48. The van der Waals surface area contributed by atoms with Gasteiger partial charge in [-0.25, -0.2) is 4.39 Å². The molecule has 2 aliphatic rings. The molecule has 2 aliphatic carbocycles. The minimum Gasteiger partial charge on any atom is -0.496 e. The van der Waals surface area contributed by atoms with Gasteiger partial charge in [0.1, 0.15) is 11.6 Å². The monoisotopic (exact) mass is 291 g/mol. The second-order valence-electron chi connectivity index (χ2n) is 6.51. The van der Waals surface area contributed by atoms with E-state index in [4.69, 9.17) is 4.74 Å². The van der Waals surface area contributed by atoms with Crippen molar-refractivity contribution in [3.8, 4) is 5.75 Å². The normalized spacial score (nSPS) is 28.8. The zero-order valence-corrected chi connectivity index (χ0v) is 13.1. The molecule has 1 aromatic rings. The molecule has 2 saturated carbocycles. The lowest BCUT2D eigenvalue weighted by Crippen LogP contribution is -2.25. The highest BCUT2D eigenvalue weighted by molar-refractivity contribution is 5.38. The summed E-state index contributed by atoms with van der Waals surface area (Å²) in [4.78, 5) is 0. The Morgan fingerprint density at radius 3 is 2.62 bits per heavy atom. The average molecular weight is 291 g/mol. The number of ether oxygens (including phenoxy) is 1. The van der Waals surface area contributed by atoms with E-state index < -0.39 is 0 Å². The number of methoxy groups -OCH3 is 1. The summed E-state index contributed by atoms with van der Waals surface area (Å²) in [5, 5.41) is 3.66. The minimum absolute atomic E-state index is 0.169. The van der Waals surface area contributed by atoms with Crippen LogP contribution in [0.25, 0.3) is 0 Å². The van der Waals surface area contributed by atoms with Crippen LogP contribution in [0.3, 0.4) is 0 Å². The Balaban J connectivity index is 1.87. The van der Waals surface area contributed by atoms with Crippen LogP contribution >= 0.6 is 0 Å². The molecule has 3 atom stereocenters. The Morgan fingerprint density at radius 1 is 1.29 bits per heavy atom. The molecule has 1 N–H and O–H groups in total. The number of benzene rings is 1. The summed E-state index contributed by atoms with van der Waals surface area (Å²) in [5.41, 5.74) is 1.00. The third kappa shape index (κ3) is 2.94. The van der Waals surface area contributed by atoms with Crippen molar-refractivity contribution in [2.45, 2.75) is 45.1 Å². The Bertz CT molecular complexity index is 478. The lowest BCUT2D eigenvalue weighted by atomic mass is 9.98. The van der Waals surface area contributed by atoms with E-state index in [1.807, 2.05) is 0 Å². The molecule has 0 aromatic heterocycles. The summed E-state index contributed by atoms with van der Waals surface area (Å²) in [6.45, 7) is 3.15. The van der Waals surface area contributed by atoms with Crippen molar-refractivity contribution in [3.05, 3.63) is 29.6 Å². The molecule has 2 nitrogen and oxygen atoms in total. The van der Waals surface area contributed by atoms with Crippen LogP contribution in [0, 0.1) is 23.6 Å². The van der Waals surface area contributed by atoms with Crippen LogP contribution < -0.4 is 10.1 Å². The fraction of sp³-hybridized carbons (Fsp3) is 0.667. The molecular weight excluding hydrogens is 265 g/mol. The molecule has 0 amide bonds. The van der Waals surface area contributed by atoms with Gasteiger partial charge in [0.25, 0.3) is 0 Å². The Labute approximate surface area is 127 Å². The summed E-state index contributed by atoms with van der Waals surface area (Å²) >= 11 is 0. The number of rotatable bonds is 6. The van der Waals surface area contributed by atoms with Crippen molar-refractivity contribution in [3.63, 3.8) is 0 Å². The predicted molar refractivity (Wildman–Crippen MR) is 82.9 cm³/mol. The molecule has 3 rings (SSSR count). The van der Waals surface area contributed by atoms with Gasteiger partial charge in [-0.05, 0) is 61.8 Å². The summed E-state index contributed by atoms with van der Waals surface area (Å²) < 4.78 is 19.2. The van der Waals surface area contributed by atoms with Gasteiger partial charge in [0, 0.05) is 11.6 Å². The molecule has 0 spiro atoms. The lowest BCUT2D eigenvalue weighted by Gasteiger charge is -2.22. The molecule has 116 valence electrons. The van der Waals surface area contributed by atoms with E-state index in [2.05, 4.69) is 12.2 Å². The van der Waals surface area contributed by atoms with Crippen LogP contribution in [0.15, 0.2) is 18.2 Å². The summed E-state index contributed by atoms with van der Waals surface area (Å²) in [7, 11) is 1.67. The zero-order valence-electron chi connectivity index (χ0n) is 13.1. The van der Waals surface area contributed by atoms with Gasteiger partial charge in [-0.3, -0.25) is 0 Å². The molecule has 1 aromatic carbocycles. The van der Waals surface area contributed by atoms with Crippen molar-refractivity contribution < 1.29 is 9.13 Å². The number of hydrogen-bond acceptors (Lipinski definition) is 2. The van der Waals surface area contributed by atoms with E-state index in [-0.39, 0.29) is 11.9 Å². The third-order valence-corrected chi connectivity index (χ3v) is 5.25. The zero-order chi connectivity index (χ0) is 14.8. The fourth-order valence-corrected chi connectivity index (χ4v) is 4.24. The SMILES string of the molecule is CCCNC(c1cc(F)ccc1OC)C1C2CCCCC21. The van der Waals surface area contributed by atoms with Crippen LogP contribution in [-0.2, 0) is 0 Å². The quantitative estimate of drug-likeness (QED) is 0.843. The first-order valence-corrected chi connectivity index (χ1v) is 8.33. The number of hydrogen-bond donors (Lipinski definition) is 1. The molecular formula is C18H26FNO. The average Bonchev–Trinajstić information content (AvgIpc) is 3.22. The molecule has 21 heavy (non-hydrogen) atoms. The summed E-state index contributed by atoms with van der Waals surface area (Å²) in [6, 6.07) is 5.15. The Morgan fingerprint density at radius 2 is 2.00 bits per heavy atom. The highest BCUT2D eigenvalue weighted by Crippen LogP contribution is 2.61. The molecule has 0 radical (unpaired) electrons. The molecule has 2 fully saturated rings. The van der Waals surface area contributed by atoms with Crippen molar-refractivity contribution in [1.29, 1.82) is 0 Å². The third-order valence-electron chi connectivity index (χ3n) is 5.25. The van der Waals surface area contributed by atoms with Crippen LogP contribution in [-0.4, -0.2) is 13.7 Å². The second-order valence-corrected chi connectivity index (χ2v) is 6.51. The minimum atomic E-state index is -0.169. The van der Waals surface area contributed by atoms with Gasteiger partial charge >= 0.3 is 0 Å². The van der Waals surface area contributed by atoms with Crippen LogP contribution in [0.4, 0.5) is 4.39 Å². The van der Waals surface area contributed by atoms with E-state index in [1.165, 1.54) is 31.7 Å². The van der Waals surface area contributed by atoms with E-state index in [0.717, 1.165) is 36.1 Å². The smallest absolute Gasteiger partial charge is 0.123 e. The van der Waals surface area contributed by atoms with Crippen molar-refractivity contribution in [2.24, 2.45) is 17.8 Å². The van der Waals surface area contributed by atoms with Crippen molar-refractivity contribution in [1.82, 2.24) is 5.32 Å². The van der Waals surface area contributed by atoms with E-state index in [1.54, 1.807) is 19.2 Å². The first-order valence-electron chi connectivity index (χ1n) is 8.33. The fourth-order valence-electron chi connectivity index (χ4n) is 4.24. The van der Waals surface area contributed by atoms with Crippen LogP contribution in [0.1, 0.15) is 50.6 Å². The second kappa shape index (κ2) is 6.35. The van der Waals surface area contributed by atoms with E-state index in [9.17, 15) is 4.39 Å². The summed E-state index contributed by atoms with van der Waals surface area (Å²) in [5.74, 6) is 2.98. The number of nitrogens with one attached hydrogen (secondary N) is 1. The standard InChI is InChI=1S/C18H26FNO/c1-3-10-20-18(17-13-6-4-5-7-14(13)17)15-11-12(19)8-9-16(15)21-2/h8-9,11,13-14,17-18,20H,3-7,10H2,1-2H3. The molecule has 0 saturated heterocycles. The molecule has 3 heteroatoms. The molecule has 0 aliphatic heterocycles. The predicted octanol–water partition coefficient (Wildman–Crippen LogP) is 4.31. The largest absolute Gasteiger partial charge is 0.496 e. The van der Waals surface area contributed by atoms with E-state index in [0.29, 0.717) is 5.92 Å². The van der Waals surface area contributed by atoms with Gasteiger partial charge in [-0.15, -0.1) is 0 Å². The van der Waals surface area contributed by atoms with Gasteiger partial charge in [0.05, 0.1) is 7.11 Å². The highest BCUT2D eigenvalue weighted by Gasteiger charge is 2.54. The van der Waals surface area contributed by atoms with Crippen molar-refractivity contribution in [2.75, 3.05) is 13.7 Å². The molecule has 3 unspecified atom stereocenters. The highest BCUT2D eigenvalue weighted by atomic mass is 19.1. The number of fused-ring (bicyclic) bond motifs is 1. The first-order chi connectivity index (χ1) is 10.3. The van der Waals surface area contributed by atoms with Crippen LogP contribution in [0.2, 0.25) is 0 Å². The van der Waals surface area contributed by atoms with Gasteiger partial charge < -0.3 is 10.1 Å². The van der Waals surface area contributed by atoms with Crippen LogP contribution in [0.5, 0.6) is 5.75 Å². The summed E-state index contributed by atoms with van der Waals surface area (Å²) in [6.07, 6.45) is 6.50. The lowest BCUT2D eigenvalue weighted by molar-refractivity contribution is 0.381. The van der Waals surface area contributed by atoms with Gasteiger partial charge in [0.15, 0.2) is 0 Å². The first kappa shape index (κ1) is 14.8.